The highest BCUT2D eigenvalue weighted by Gasteiger charge is 2.26. The quantitative estimate of drug-likeness (QED) is 0.379. The van der Waals surface area contributed by atoms with Crippen LogP contribution in [0, 0.1) is 5.82 Å². The highest BCUT2D eigenvalue weighted by molar-refractivity contribution is 5.96. The molecule has 112 valence electrons. The van der Waals surface area contributed by atoms with Gasteiger partial charge in [-0.15, -0.1) is 0 Å². The van der Waals surface area contributed by atoms with Crippen molar-refractivity contribution in [2.75, 3.05) is 24.7 Å². The zero-order chi connectivity index (χ0) is 15.3. The van der Waals surface area contributed by atoms with Gasteiger partial charge in [0, 0.05) is 18.7 Å². The molecule has 0 spiro atoms. The molecule has 1 rings (SSSR count). The number of hydrogen-bond donors (Lipinski definition) is 2. The van der Waals surface area contributed by atoms with E-state index in [1.807, 2.05) is 0 Å². The summed E-state index contributed by atoms with van der Waals surface area (Å²) in [4.78, 5) is 11.4. The van der Waals surface area contributed by atoms with E-state index >= 15 is 0 Å². The third kappa shape index (κ3) is 4.60. The van der Waals surface area contributed by atoms with E-state index in [1.54, 1.807) is 0 Å². The Hall–Kier alpha value is -1.99. The number of esters is 1. The van der Waals surface area contributed by atoms with Crippen LogP contribution in [0.15, 0.2) is 12.1 Å². The van der Waals surface area contributed by atoms with E-state index in [1.165, 1.54) is 0 Å². The number of ether oxygens (including phenoxy) is 1. The summed E-state index contributed by atoms with van der Waals surface area (Å²) < 4.78 is 53.9. The van der Waals surface area contributed by atoms with Crippen molar-refractivity contribution < 1.29 is 27.1 Å². The molecule has 20 heavy (non-hydrogen) atoms. The smallest absolute Gasteiger partial charge is 0.389 e. The number of nitrogen functional groups attached to an aromatic ring is 1. The maximum absolute atomic E-state index is 13.5. The lowest BCUT2D eigenvalue weighted by molar-refractivity contribution is -0.134. The molecule has 8 heteroatoms. The first-order chi connectivity index (χ1) is 9.24. The van der Waals surface area contributed by atoms with Gasteiger partial charge in [0.05, 0.1) is 18.4 Å². The number of hydrogen-bond acceptors (Lipinski definition) is 4. The zero-order valence-electron chi connectivity index (χ0n) is 10.7. The Kier molecular flexibility index (Phi) is 5.18. The van der Waals surface area contributed by atoms with Crippen LogP contribution in [-0.4, -0.2) is 25.8 Å². The van der Waals surface area contributed by atoms with Gasteiger partial charge in [0.25, 0.3) is 0 Å². The minimum atomic E-state index is -4.25. The average molecular weight is 294 g/mol. The van der Waals surface area contributed by atoms with Gasteiger partial charge in [0.1, 0.15) is 5.82 Å². The molecule has 0 aliphatic carbocycles. The molecule has 3 N–H and O–H groups in total. The van der Waals surface area contributed by atoms with Crippen molar-refractivity contribution >= 4 is 17.3 Å². The van der Waals surface area contributed by atoms with Gasteiger partial charge in [0.15, 0.2) is 0 Å². The Morgan fingerprint density at radius 2 is 2.05 bits per heavy atom. The maximum atomic E-state index is 13.5. The zero-order valence-corrected chi connectivity index (χ0v) is 10.7. The summed E-state index contributed by atoms with van der Waals surface area (Å²) in [5.41, 5.74) is 5.22. The van der Waals surface area contributed by atoms with Gasteiger partial charge in [0.2, 0.25) is 0 Å². The third-order valence-corrected chi connectivity index (χ3v) is 2.50. The molecule has 0 fully saturated rings. The molecule has 0 atom stereocenters. The number of carbonyl (C=O) groups is 1. The lowest BCUT2D eigenvalue weighted by atomic mass is 10.1. The first-order valence-electron chi connectivity index (χ1n) is 5.72. The van der Waals surface area contributed by atoms with Gasteiger partial charge >= 0.3 is 12.1 Å². The monoisotopic (exact) mass is 294 g/mol. The van der Waals surface area contributed by atoms with Gasteiger partial charge < -0.3 is 15.8 Å². The second kappa shape index (κ2) is 6.44. The molecule has 0 saturated heterocycles. The summed E-state index contributed by atoms with van der Waals surface area (Å²) in [6, 6.07) is 2.03. The summed E-state index contributed by atoms with van der Waals surface area (Å²) in [6.07, 6.45) is -5.43. The van der Waals surface area contributed by atoms with Gasteiger partial charge in [-0.05, 0) is 18.6 Å². The predicted molar refractivity (Wildman–Crippen MR) is 65.9 cm³/mol. The molecule has 0 bridgehead atoms. The number of nitrogens with two attached hydrogens (primary N) is 1. The van der Waals surface area contributed by atoms with Crippen LogP contribution in [0.2, 0.25) is 0 Å². The van der Waals surface area contributed by atoms with Gasteiger partial charge in [-0.2, -0.15) is 13.2 Å². The predicted octanol–water partition coefficient (Wildman–Crippen LogP) is 2.95. The van der Waals surface area contributed by atoms with Crippen molar-refractivity contribution in [3.63, 3.8) is 0 Å². The normalized spacial score (nSPS) is 11.2. The van der Waals surface area contributed by atoms with Crippen LogP contribution in [0.4, 0.5) is 28.9 Å². The second-order valence-corrected chi connectivity index (χ2v) is 4.06. The first kappa shape index (κ1) is 16.1. The van der Waals surface area contributed by atoms with E-state index in [0.29, 0.717) is 0 Å². The molecule has 0 unspecified atom stereocenters. The van der Waals surface area contributed by atoms with E-state index in [-0.39, 0.29) is 29.9 Å². The topological polar surface area (TPSA) is 64.3 Å². The van der Waals surface area contributed by atoms with Crippen molar-refractivity contribution in [1.82, 2.24) is 0 Å². The third-order valence-electron chi connectivity index (χ3n) is 2.50. The van der Waals surface area contributed by atoms with E-state index in [9.17, 15) is 22.4 Å². The van der Waals surface area contributed by atoms with E-state index < -0.39 is 24.4 Å². The number of nitrogens with one attached hydrogen (secondary N) is 1. The molecule has 0 aromatic heterocycles. The molecule has 1 aromatic rings. The lowest BCUT2D eigenvalue weighted by Gasteiger charge is -2.11. The fourth-order valence-electron chi connectivity index (χ4n) is 1.52. The first-order valence-corrected chi connectivity index (χ1v) is 5.72. The molecule has 0 aliphatic heterocycles. The fraction of sp³-hybridized carbons (Fsp3) is 0.417. The van der Waals surface area contributed by atoms with Gasteiger partial charge in [-0.3, -0.25) is 0 Å². The average Bonchev–Trinajstić information content (AvgIpc) is 2.34. The Bertz CT molecular complexity index is 489. The van der Waals surface area contributed by atoms with Crippen LogP contribution >= 0.6 is 0 Å². The van der Waals surface area contributed by atoms with E-state index in [0.717, 1.165) is 19.2 Å². The van der Waals surface area contributed by atoms with Crippen molar-refractivity contribution in [2.24, 2.45) is 0 Å². The van der Waals surface area contributed by atoms with Crippen LogP contribution in [0.25, 0.3) is 0 Å². The molecule has 0 heterocycles. The molecule has 4 nitrogen and oxygen atoms in total. The Morgan fingerprint density at radius 3 is 2.60 bits per heavy atom. The number of methoxy groups -OCH3 is 1. The van der Waals surface area contributed by atoms with Crippen LogP contribution in [0.3, 0.4) is 0 Å². The van der Waals surface area contributed by atoms with Crippen LogP contribution in [-0.2, 0) is 4.74 Å². The van der Waals surface area contributed by atoms with Gasteiger partial charge in [-0.25, -0.2) is 9.18 Å². The SMILES string of the molecule is COC(=O)c1cc(NCCCC(F)(F)F)c(F)cc1N. The lowest BCUT2D eigenvalue weighted by Crippen LogP contribution is -2.13. The molecule has 0 radical (unpaired) electrons. The number of halogens is 4. The summed E-state index contributed by atoms with van der Waals surface area (Å²) in [5, 5.41) is 2.49. The number of anilines is 2. The fourth-order valence-corrected chi connectivity index (χ4v) is 1.52. The van der Waals surface area contributed by atoms with Crippen LogP contribution in [0.1, 0.15) is 23.2 Å². The molecular weight excluding hydrogens is 280 g/mol. The summed E-state index contributed by atoms with van der Waals surface area (Å²) in [5.74, 6) is -1.50. The number of rotatable bonds is 5. The van der Waals surface area contributed by atoms with Crippen molar-refractivity contribution in [2.45, 2.75) is 19.0 Å². The second-order valence-electron chi connectivity index (χ2n) is 4.06. The van der Waals surface area contributed by atoms with Gasteiger partial charge in [-0.1, -0.05) is 0 Å². The molecule has 0 amide bonds. The minimum absolute atomic E-state index is 0.0489. The number of benzene rings is 1. The Labute approximate surface area is 112 Å². The van der Waals surface area contributed by atoms with E-state index in [2.05, 4.69) is 10.1 Å². The Balaban J connectivity index is 2.73. The number of carbonyl (C=O) groups excluding carboxylic acids is 1. The van der Waals surface area contributed by atoms with E-state index in [4.69, 9.17) is 5.73 Å². The number of alkyl halides is 3. The van der Waals surface area contributed by atoms with Crippen molar-refractivity contribution in [1.29, 1.82) is 0 Å². The Morgan fingerprint density at radius 1 is 1.40 bits per heavy atom. The standard InChI is InChI=1S/C12H14F4N2O2/c1-20-11(19)7-5-10(8(13)6-9(7)17)18-4-2-3-12(14,15)16/h5-6,18H,2-4,17H2,1H3. The largest absolute Gasteiger partial charge is 0.465 e. The molecular formula is C12H14F4N2O2. The van der Waals surface area contributed by atoms with Crippen LogP contribution < -0.4 is 11.1 Å². The maximum Gasteiger partial charge on any atom is 0.389 e. The van der Waals surface area contributed by atoms with Crippen molar-refractivity contribution in [3.8, 4) is 0 Å². The summed E-state index contributed by atoms with van der Waals surface area (Å²) in [7, 11) is 1.14. The summed E-state index contributed by atoms with van der Waals surface area (Å²) >= 11 is 0. The minimum Gasteiger partial charge on any atom is -0.465 e. The van der Waals surface area contributed by atoms with Crippen molar-refractivity contribution in [3.05, 3.63) is 23.5 Å². The van der Waals surface area contributed by atoms with Crippen LogP contribution in [0.5, 0.6) is 0 Å². The highest BCUT2D eigenvalue weighted by Crippen LogP contribution is 2.24. The molecule has 0 aliphatic rings. The molecule has 0 saturated carbocycles. The summed E-state index contributed by atoms with van der Waals surface area (Å²) in [6.45, 7) is -0.0824. The highest BCUT2D eigenvalue weighted by atomic mass is 19.4. The molecule has 1 aromatic carbocycles.